The second-order valence-corrected chi connectivity index (χ2v) is 6.69. The molecule has 3 aromatic rings. The fourth-order valence-corrected chi connectivity index (χ4v) is 3.48. The van der Waals surface area contributed by atoms with Gasteiger partial charge < -0.3 is 14.2 Å². The number of ether oxygens (including phenoxy) is 3. The summed E-state index contributed by atoms with van der Waals surface area (Å²) in [4.78, 5) is 8.97. The summed E-state index contributed by atoms with van der Waals surface area (Å²) in [6.07, 6.45) is 2.14. The minimum atomic E-state index is -0.116. The number of rotatable bonds is 5. The lowest BCUT2D eigenvalue weighted by Gasteiger charge is -2.25. The van der Waals surface area contributed by atoms with E-state index in [9.17, 15) is 0 Å². The summed E-state index contributed by atoms with van der Waals surface area (Å²) in [5.74, 6) is 2.29. The predicted molar refractivity (Wildman–Crippen MR) is 107 cm³/mol. The molecule has 1 aromatic heterocycles. The SMILES string of the molecule is COc1cc(C2CC(c3ccc(Cl)cc3)=Nc3ncnn32)cc(OC)c1OC. The molecule has 1 aliphatic heterocycles. The smallest absolute Gasteiger partial charge is 0.248 e. The lowest BCUT2D eigenvalue weighted by Crippen LogP contribution is -2.21. The molecule has 0 N–H and O–H groups in total. The van der Waals surface area contributed by atoms with Crippen molar-refractivity contribution in [2.75, 3.05) is 21.3 Å². The largest absolute Gasteiger partial charge is 0.493 e. The van der Waals surface area contributed by atoms with E-state index in [-0.39, 0.29) is 6.04 Å². The van der Waals surface area contributed by atoms with Crippen molar-refractivity contribution < 1.29 is 14.2 Å². The first-order valence-electron chi connectivity index (χ1n) is 8.67. The summed E-state index contributed by atoms with van der Waals surface area (Å²) in [7, 11) is 4.79. The van der Waals surface area contributed by atoms with E-state index in [1.807, 2.05) is 36.4 Å². The Bertz CT molecular complexity index is 1010. The fraction of sp³-hybridized carbons (Fsp3) is 0.250. The third kappa shape index (κ3) is 3.18. The molecule has 0 amide bonds. The first-order valence-corrected chi connectivity index (χ1v) is 9.05. The molecule has 0 saturated heterocycles. The molecule has 1 aliphatic rings. The van der Waals surface area contributed by atoms with E-state index in [0.29, 0.717) is 34.6 Å². The second kappa shape index (κ2) is 7.52. The molecule has 28 heavy (non-hydrogen) atoms. The van der Waals surface area contributed by atoms with Crippen LogP contribution in [0.5, 0.6) is 17.2 Å². The van der Waals surface area contributed by atoms with Gasteiger partial charge in [-0.15, -0.1) is 0 Å². The van der Waals surface area contributed by atoms with Gasteiger partial charge in [0, 0.05) is 11.4 Å². The van der Waals surface area contributed by atoms with Crippen molar-refractivity contribution in [2.45, 2.75) is 12.5 Å². The van der Waals surface area contributed by atoms with Crippen LogP contribution < -0.4 is 14.2 Å². The first-order chi connectivity index (χ1) is 13.6. The summed E-state index contributed by atoms with van der Waals surface area (Å²) in [5.41, 5.74) is 2.87. The number of nitrogens with zero attached hydrogens (tertiary/aromatic N) is 4. The van der Waals surface area contributed by atoms with Gasteiger partial charge >= 0.3 is 0 Å². The Kier molecular flexibility index (Phi) is 4.92. The quantitative estimate of drug-likeness (QED) is 0.647. The van der Waals surface area contributed by atoms with Crippen molar-refractivity contribution >= 4 is 23.3 Å². The molecule has 0 aliphatic carbocycles. The zero-order valence-corrected chi connectivity index (χ0v) is 16.5. The van der Waals surface area contributed by atoms with E-state index in [0.717, 1.165) is 16.8 Å². The average Bonchev–Trinajstić information content (AvgIpc) is 3.21. The number of methoxy groups -OCH3 is 3. The zero-order valence-electron chi connectivity index (χ0n) is 15.7. The highest BCUT2D eigenvalue weighted by Gasteiger charge is 2.28. The van der Waals surface area contributed by atoms with Gasteiger partial charge in [-0.1, -0.05) is 23.7 Å². The summed E-state index contributed by atoms with van der Waals surface area (Å²) in [6, 6.07) is 11.4. The normalized spacial score (nSPS) is 15.6. The van der Waals surface area contributed by atoms with Gasteiger partial charge in [0.2, 0.25) is 11.7 Å². The molecule has 2 heterocycles. The van der Waals surface area contributed by atoms with E-state index in [2.05, 4.69) is 15.1 Å². The van der Waals surface area contributed by atoms with Gasteiger partial charge in [0.1, 0.15) is 6.33 Å². The fourth-order valence-electron chi connectivity index (χ4n) is 3.36. The maximum absolute atomic E-state index is 6.03. The molecule has 0 spiro atoms. The Morgan fingerprint density at radius 3 is 2.29 bits per heavy atom. The van der Waals surface area contributed by atoms with E-state index in [1.54, 1.807) is 26.0 Å². The highest BCUT2D eigenvalue weighted by atomic mass is 35.5. The number of hydrogen-bond acceptors (Lipinski definition) is 6. The lowest BCUT2D eigenvalue weighted by atomic mass is 9.95. The third-order valence-electron chi connectivity index (χ3n) is 4.72. The summed E-state index contributed by atoms with van der Waals surface area (Å²) < 4.78 is 18.3. The number of aromatic nitrogens is 3. The monoisotopic (exact) mass is 398 g/mol. The molecule has 1 unspecified atom stereocenters. The average molecular weight is 399 g/mol. The molecule has 0 saturated carbocycles. The van der Waals surface area contributed by atoms with E-state index < -0.39 is 0 Å². The van der Waals surface area contributed by atoms with Crippen LogP contribution in [-0.4, -0.2) is 41.8 Å². The van der Waals surface area contributed by atoms with Crippen molar-refractivity contribution in [3.05, 3.63) is 58.9 Å². The maximum Gasteiger partial charge on any atom is 0.248 e. The van der Waals surface area contributed by atoms with Gasteiger partial charge in [-0.25, -0.2) is 9.67 Å². The second-order valence-electron chi connectivity index (χ2n) is 6.25. The van der Waals surface area contributed by atoms with Crippen LogP contribution in [0.2, 0.25) is 5.02 Å². The lowest BCUT2D eigenvalue weighted by molar-refractivity contribution is 0.323. The summed E-state index contributed by atoms with van der Waals surface area (Å²) in [5, 5.41) is 5.06. The van der Waals surface area contributed by atoms with Crippen LogP contribution in [0, 0.1) is 0 Å². The molecular formula is C20H19ClN4O3. The van der Waals surface area contributed by atoms with Crippen LogP contribution in [0.25, 0.3) is 0 Å². The van der Waals surface area contributed by atoms with Crippen molar-refractivity contribution in [3.8, 4) is 17.2 Å². The van der Waals surface area contributed by atoms with Gasteiger partial charge in [-0.3, -0.25) is 0 Å². The standard InChI is InChI=1S/C20H19ClN4O3/c1-26-17-8-13(9-18(27-2)19(17)28-3)16-10-15(12-4-6-14(21)7-5-12)24-20-22-11-23-25(16)20/h4-9,11,16H,10H2,1-3H3. The van der Waals surface area contributed by atoms with Crippen LogP contribution in [-0.2, 0) is 0 Å². The van der Waals surface area contributed by atoms with Gasteiger partial charge in [-0.2, -0.15) is 10.1 Å². The number of fused-ring (bicyclic) bond motifs is 1. The molecule has 2 aromatic carbocycles. The zero-order chi connectivity index (χ0) is 19.7. The minimum Gasteiger partial charge on any atom is -0.493 e. The molecule has 4 rings (SSSR count). The Balaban J connectivity index is 1.80. The molecule has 144 valence electrons. The number of aliphatic imine (C=N–C) groups is 1. The molecule has 8 heteroatoms. The van der Waals surface area contributed by atoms with Crippen LogP contribution in [0.1, 0.15) is 23.6 Å². The molecule has 0 fully saturated rings. The van der Waals surface area contributed by atoms with E-state index >= 15 is 0 Å². The Labute approximate surface area is 167 Å². The minimum absolute atomic E-state index is 0.116. The summed E-state index contributed by atoms with van der Waals surface area (Å²) >= 11 is 6.03. The van der Waals surface area contributed by atoms with Crippen LogP contribution >= 0.6 is 11.6 Å². The van der Waals surface area contributed by atoms with Crippen molar-refractivity contribution in [2.24, 2.45) is 4.99 Å². The van der Waals surface area contributed by atoms with Gasteiger partial charge in [0.15, 0.2) is 11.5 Å². The van der Waals surface area contributed by atoms with E-state index in [1.165, 1.54) is 6.33 Å². The molecule has 0 radical (unpaired) electrons. The Hall–Kier alpha value is -3.06. The van der Waals surface area contributed by atoms with Gasteiger partial charge in [-0.05, 0) is 35.4 Å². The van der Waals surface area contributed by atoms with Crippen molar-refractivity contribution in [1.29, 1.82) is 0 Å². The van der Waals surface area contributed by atoms with Gasteiger partial charge in [0.05, 0.1) is 33.1 Å². The van der Waals surface area contributed by atoms with Gasteiger partial charge in [0.25, 0.3) is 0 Å². The maximum atomic E-state index is 6.03. The highest BCUT2D eigenvalue weighted by Crippen LogP contribution is 2.42. The molecule has 0 bridgehead atoms. The van der Waals surface area contributed by atoms with Crippen LogP contribution in [0.15, 0.2) is 47.7 Å². The number of hydrogen-bond donors (Lipinski definition) is 0. The topological polar surface area (TPSA) is 70.8 Å². The first kappa shape index (κ1) is 18.3. The number of halogens is 1. The van der Waals surface area contributed by atoms with E-state index in [4.69, 9.17) is 25.8 Å². The summed E-state index contributed by atoms with van der Waals surface area (Å²) in [6.45, 7) is 0. The van der Waals surface area contributed by atoms with Crippen LogP contribution in [0.3, 0.4) is 0 Å². The number of benzene rings is 2. The molecule has 7 nitrogen and oxygen atoms in total. The van der Waals surface area contributed by atoms with Crippen LogP contribution in [0.4, 0.5) is 5.95 Å². The van der Waals surface area contributed by atoms with Crippen molar-refractivity contribution in [1.82, 2.24) is 14.8 Å². The Morgan fingerprint density at radius 1 is 1.00 bits per heavy atom. The Morgan fingerprint density at radius 2 is 1.68 bits per heavy atom. The molecular weight excluding hydrogens is 380 g/mol. The third-order valence-corrected chi connectivity index (χ3v) is 4.97. The van der Waals surface area contributed by atoms with Crippen molar-refractivity contribution in [3.63, 3.8) is 0 Å². The highest BCUT2D eigenvalue weighted by molar-refractivity contribution is 6.30. The molecule has 1 atom stereocenters. The predicted octanol–water partition coefficient (Wildman–Crippen LogP) is 4.07.